The van der Waals surface area contributed by atoms with E-state index in [1.807, 2.05) is 11.3 Å². The van der Waals surface area contributed by atoms with Crippen molar-refractivity contribution >= 4 is 39.0 Å². The normalized spacial score (nSPS) is 17.5. The van der Waals surface area contributed by atoms with Crippen molar-refractivity contribution in [2.45, 2.75) is 24.6 Å². The van der Waals surface area contributed by atoms with Crippen molar-refractivity contribution in [1.82, 2.24) is 10.6 Å². The third kappa shape index (κ3) is 5.30. The average molecular weight is 335 g/mol. The molecule has 1 aromatic heterocycles. The first kappa shape index (κ1) is 13.9. The highest BCUT2D eigenvalue weighted by Gasteiger charge is 2.12. The van der Waals surface area contributed by atoms with E-state index in [4.69, 9.17) is 0 Å². The summed E-state index contributed by atoms with van der Waals surface area (Å²) in [7, 11) is 0. The van der Waals surface area contributed by atoms with E-state index in [2.05, 4.69) is 50.5 Å². The molecule has 0 spiro atoms. The summed E-state index contributed by atoms with van der Waals surface area (Å²) in [5, 5.41) is 7.80. The minimum atomic E-state index is 0.883. The lowest BCUT2D eigenvalue weighted by Crippen LogP contribution is -2.30. The van der Waals surface area contributed by atoms with Crippen molar-refractivity contribution in [1.29, 1.82) is 0 Å². The molecule has 0 aliphatic carbocycles. The number of halogens is 1. The van der Waals surface area contributed by atoms with Crippen LogP contribution in [0.1, 0.15) is 17.7 Å². The third-order valence-electron chi connectivity index (χ3n) is 2.85. The van der Waals surface area contributed by atoms with E-state index in [0.29, 0.717) is 0 Å². The molecule has 2 rings (SSSR count). The SMILES string of the molecule is Brc1ccc(CNCCSC2CCNCC2)s1. The maximum absolute atomic E-state index is 3.51. The third-order valence-corrected chi connectivity index (χ3v) is 5.85. The minimum Gasteiger partial charge on any atom is -0.317 e. The summed E-state index contributed by atoms with van der Waals surface area (Å²) in [6.07, 6.45) is 2.67. The Morgan fingerprint density at radius 1 is 1.41 bits per heavy atom. The van der Waals surface area contributed by atoms with Crippen LogP contribution in [0.5, 0.6) is 0 Å². The molecule has 1 saturated heterocycles. The Labute approximate surface area is 120 Å². The summed E-state index contributed by atoms with van der Waals surface area (Å²) in [5.41, 5.74) is 0. The van der Waals surface area contributed by atoms with Gasteiger partial charge in [-0.3, -0.25) is 0 Å². The van der Waals surface area contributed by atoms with Gasteiger partial charge in [0.1, 0.15) is 0 Å². The summed E-state index contributed by atoms with van der Waals surface area (Å²) >= 11 is 7.43. The lowest BCUT2D eigenvalue weighted by Gasteiger charge is -2.21. The quantitative estimate of drug-likeness (QED) is 0.782. The summed E-state index contributed by atoms with van der Waals surface area (Å²) in [5.74, 6) is 1.23. The van der Waals surface area contributed by atoms with Crippen molar-refractivity contribution in [2.24, 2.45) is 0 Å². The Morgan fingerprint density at radius 3 is 2.94 bits per heavy atom. The molecule has 0 atom stereocenters. The van der Waals surface area contributed by atoms with E-state index >= 15 is 0 Å². The highest BCUT2D eigenvalue weighted by molar-refractivity contribution is 9.11. The number of thioether (sulfide) groups is 1. The molecule has 2 nitrogen and oxygen atoms in total. The Hall–Kier alpha value is 0.450. The smallest absolute Gasteiger partial charge is 0.0701 e. The molecule has 0 saturated carbocycles. The fraction of sp³-hybridized carbons (Fsp3) is 0.667. The minimum absolute atomic E-state index is 0.883. The van der Waals surface area contributed by atoms with Gasteiger partial charge in [0, 0.05) is 29.0 Å². The van der Waals surface area contributed by atoms with Gasteiger partial charge in [-0.05, 0) is 54.0 Å². The Morgan fingerprint density at radius 2 is 2.24 bits per heavy atom. The number of thiophene rings is 1. The molecule has 1 aliphatic rings. The maximum Gasteiger partial charge on any atom is 0.0701 e. The van der Waals surface area contributed by atoms with E-state index in [0.717, 1.165) is 18.3 Å². The lowest BCUT2D eigenvalue weighted by molar-refractivity contribution is 0.531. The second kappa shape index (κ2) is 7.79. The summed E-state index contributed by atoms with van der Waals surface area (Å²) in [6.45, 7) is 4.52. The second-order valence-electron chi connectivity index (χ2n) is 4.20. The van der Waals surface area contributed by atoms with Gasteiger partial charge in [-0.2, -0.15) is 11.8 Å². The van der Waals surface area contributed by atoms with Crippen LogP contribution in [0.3, 0.4) is 0 Å². The number of hydrogen-bond acceptors (Lipinski definition) is 4. The molecule has 0 radical (unpaired) electrons. The second-order valence-corrected chi connectivity index (χ2v) is 8.16. The van der Waals surface area contributed by atoms with Gasteiger partial charge in [-0.1, -0.05) is 0 Å². The monoisotopic (exact) mass is 334 g/mol. The van der Waals surface area contributed by atoms with Gasteiger partial charge in [-0.25, -0.2) is 0 Å². The van der Waals surface area contributed by atoms with E-state index in [9.17, 15) is 0 Å². The Balaban J connectivity index is 1.51. The van der Waals surface area contributed by atoms with Crippen LogP contribution in [0.25, 0.3) is 0 Å². The molecule has 0 unspecified atom stereocenters. The van der Waals surface area contributed by atoms with Crippen LogP contribution in [0, 0.1) is 0 Å². The zero-order valence-electron chi connectivity index (χ0n) is 9.88. The zero-order chi connectivity index (χ0) is 11.9. The predicted octanol–water partition coefficient (Wildman–Crippen LogP) is 3.09. The molecular weight excluding hydrogens is 316 g/mol. The van der Waals surface area contributed by atoms with E-state index in [-0.39, 0.29) is 0 Å². The Kier molecular flexibility index (Phi) is 6.36. The van der Waals surface area contributed by atoms with Gasteiger partial charge in [0.25, 0.3) is 0 Å². The predicted molar refractivity (Wildman–Crippen MR) is 82.1 cm³/mol. The van der Waals surface area contributed by atoms with Gasteiger partial charge >= 0.3 is 0 Å². The van der Waals surface area contributed by atoms with Gasteiger partial charge in [-0.15, -0.1) is 11.3 Å². The van der Waals surface area contributed by atoms with Crippen LogP contribution >= 0.6 is 39.0 Å². The van der Waals surface area contributed by atoms with Crippen LogP contribution < -0.4 is 10.6 Å². The highest BCUT2D eigenvalue weighted by Crippen LogP contribution is 2.22. The largest absolute Gasteiger partial charge is 0.317 e. The molecule has 1 aliphatic heterocycles. The standard InChI is InChI=1S/C12H19BrN2S2/c13-12-2-1-11(17-12)9-15-7-8-16-10-3-5-14-6-4-10/h1-2,10,14-15H,3-9H2. The van der Waals surface area contributed by atoms with E-state index in [1.54, 1.807) is 0 Å². The van der Waals surface area contributed by atoms with Crippen molar-refractivity contribution in [3.63, 3.8) is 0 Å². The van der Waals surface area contributed by atoms with Crippen LogP contribution in [0.15, 0.2) is 15.9 Å². The number of piperidine rings is 1. The molecule has 1 fully saturated rings. The van der Waals surface area contributed by atoms with Crippen molar-refractivity contribution < 1.29 is 0 Å². The fourth-order valence-electron chi connectivity index (χ4n) is 1.92. The number of nitrogens with one attached hydrogen (secondary N) is 2. The molecule has 96 valence electrons. The van der Waals surface area contributed by atoms with Gasteiger partial charge in [0.2, 0.25) is 0 Å². The first-order chi connectivity index (χ1) is 8.34. The molecule has 17 heavy (non-hydrogen) atoms. The topological polar surface area (TPSA) is 24.1 Å². The van der Waals surface area contributed by atoms with E-state index in [1.165, 1.54) is 40.3 Å². The first-order valence-corrected chi connectivity index (χ1v) is 8.77. The summed E-state index contributed by atoms with van der Waals surface area (Å²) < 4.78 is 1.22. The summed E-state index contributed by atoms with van der Waals surface area (Å²) in [6, 6.07) is 4.30. The molecule has 0 amide bonds. The zero-order valence-corrected chi connectivity index (χ0v) is 13.1. The number of rotatable bonds is 6. The van der Waals surface area contributed by atoms with Gasteiger partial charge in [0.15, 0.2) is 0 Å². The lowest BCUT2D eigenvalue weighted by atomic mass is 10.2. The van der Waals surface area contributed by atoms with Crippen LogP contribution in [0.2, 0.25) is 0 Å². The van der Waals surface area contributed by atoms with Crippen LogP contribution in [0.4, 0.5) is 0 Å². The van der Waals surface area contributed by atoms with Crippen LogP contribution in [-0.2, 0) is 6.54 Å². The molecule has 0 bridgehead atoms. The first-order valence-electron chi connectivity index (χ1n) is 6.12. The molecule has 1 aromatic rings. The van der Waals surface area contributed by atoms with Crippen molar-refractivity contribution in [3.8, 4) is 0 Å². The Bertz CT molecular complexity index is 324. The average Bonchev–Trinajstić information content (AvgIpc) is 2.76. The van der Waals surface area contributed by atoms with Gasteiger partial charge < -0.3 is 10.6 Å². The van der Waals surface area contributed by atoms with Gasteiger partial charge in [0.05, 0.1) is 3.79 Å². The molecular formula is C12H19BrN2S2. The fourth-order valence-corrected chi connectivity index (χ4v) is 4.54. The molecule has 2 N–H and O–H groups in total. The highest BCUT2D eigenvalue weighted by atomic mass is 79.9. The number of hydrogen-bond donors (Lipinski definition) is 2. The molecule has 5 heteroatoms. The molecule has 0 aromatic carbocycles. The van der Waals surface area contributed by atoms with Crippen LogP contribution in [-0.4, -0.2) is 30.6 Å². The van der Waals surface area contributed by atoms with Crippen molar-refractivity contribution in [2.75, 3.05) is 25.4 Å². The maximum atomic E-state index is 3.51. The summed E-state index contributed by atoms with van der Waals surface area (Å²) in [4.78, 5) is 1.41. The molecule has 2 heterocycles. The van der Waals surface area contributed by atoms with E-state index < -0.39 is 0 Å². The van der Waals surface area contributed by atoms with Crippen molar-refractivity contribution in [3.05, 3.63) is 20.8 Å².